The molecule has 2 rings (SSSR count). The van der Waals surface area contributed by atoms with Crippen molar-refractivity contribution in [2.75, 3.05) is 0 Å². The van der Waals surface area contributed by atoms with Crippen molar-refractivity contribution in [3.05, 3.63) is 35.5 Å². The molecule has 0 unspecified atom stereocenters. The fraction of sp³-hybridized carbons (Fsp3) is 0.375. The van der Waals surface area contributed by atoms with E-state index in [0.29, 0.717) is 16.8 Å². The number of nitrogens with zero attached hydrogens (tertiary/aromatic N) is 1. The molecule has 21 heavy (non-hydrogen) atoms. The summed E-state index contributed by atoms with van der Waals surface area (Å²) < 4.78 is 6.85. The third-order valence-electron chi connectivity index (χ3n) is 3.15. The summed E-state index contributed by atoms with van der Waals surface area (Å²) in [6, 6.07) is 7.25. The average molecular weight is 289 g/mol. The molecule has 0 radical (unpaired) electrons. The third-order valence-corrected chi connectivity index (χ3v) is 3.15. The van der Waals surface area contributed by atoms with Crippen LogP contribution in [0.3, 0.4) is 0 Å². The minimum Gasteiger partial charge on any atom is -0.481 e. The smallest absolute Gasteiger partial charge is 0.419 e. The standard InChI is InChI=1S/C16H19NO4/c1-10-12(9-14(18)19)11-7-5-6-8-13(11)17(10)15(20)21-16(2,3)4/h5-8H,9H2,1-4H3,(H,18,19). The highest BCUT2D eigenvalue weighted by Gasteiger charge is 2.24. The van der Waals surface area contributed by atoms with Crippen LogP contribution in [0, 0.1) is 6.92 Å². The van der Waals surface area contributed by atoms with Crippen LogP contribution >= 0.6 is 0 Å². The number of ether oxygens (including phenoxy) is 1. The first-order chi connectivity index (χ1) is 9.70. The molecule has 5 nitrogen and oxygen atoms in total. The number of aliphatic carboxylic acids is 1. The SMILES string of the molecule is Cc1c(CC(=O)O)c2ccccc2n1C(=O)OC(C)(C)C. The van der Waals surface area contributed by atoms with Crippen LogP contribution in [0.5, 0.6) is 0 Å². The molecule has 0 amide bonds. The summed E-state index contributed by atoms with van der Waals surface area (Å²) >= 11 is 0. The number of para-hydroxylation sites is 1. The van der Waals surface area contributed by atoms with Crippen molar-refractivity contribution in [1.29, 1.82) is 0 Å². The summed E-state index contributed by atoms with van der Waals surface area (Å²) in [4.78, 5) is 23.4. The van der Waals surface area contributed by atoms with Gasteiger partial charge in [0.25, 0.3) is 0 Å². The van der Waals surface area contributed by atoms with Crippen LogP contribution in [0.2, 0.25) is 0 Å². The Labute approximate surface area is 123 Å². The minimum atomic E-state index is -0.926. The maximum Gasteiger partial charge on any atom is 0.419 e. The second kappa shape index (κ2) is 5.24. The van der Waals surface area contributed by atoms with Crippen molar-refractivity contribution in [3.63, 3.8) is 0 Å². The largest absolute Gasteiger partial charge is 0.481 e. The van der Waals surface area contributed by atoms with E-state index in [1.54, 1.807) is 33.8 Å². The Bertz CT molecular complexity index is 707. The van der Waals surface area contributed by atoms with Gasteiger partial charge in [0.2, 0.25) is 0 Å². The van der Waals surface area contributed by atoms with E-state index < -0.39 is 17.7 Å². The first kappa shape index (κ1) is 15.1. The number of carbonyl (C=O) groups excluding carboxylic acids is 1. The van der Waals surface area contributed by atoms with Crippen LogP contribution in [0.25, 0.3) is 10.9 Å². The number of rotatable bonds is 2. The zero-order chi connectivity index (χ0) is 15.8. The van der Waals surface area contributed by atoms with E-state index in [1.165, 1.54) is 4.57 Å². The fourth-order valence-electron chi connectivity index (χ4n) is 2.35. The van der Waals surface area contributed by atoms with Crippen LogP contribution in [-0.4, -0.2) is 27.3 Å². The van der Waals surface area contributed by atoms with Gasteiger partial charge < -0.3 is 9.84 Å². The Balaban J connectivity index is 2.61. The lowest BCUT2D eigenvalue weighted by molar-refractivity contribution is -0.136. The number of carbonyl (C=O) groups is 2. The summed E-state index contributed by atoms with van der Waals surface area (Å²) in [5, 5.41) is 9.83. The lowest BCUT2D eigenvalue weighted by Crippen LogP contribution is -2.27. The van der Waals surface area contributed by atoms with E-state index in [4.69, 9.17) is 9.84 Å². The number of benzene rings is 1. The van der Waals surface area contributed by atoms with Crippen LogP contribution in [0.1, 0.15) is 32.0 Å². The van der Waals surface area contributed by atoms with Gasteiger partial charge in [-0.3, -0.25) is 4.79 Å². The molecule has 1 N–H and O–H groups in total. The second-order valence-electron chi connectivity index (χ2n) is 5.97. The predicted molar refractivity (Wildman–Crippen MR) is 79.6 cm³/mol. The molecule has 1 aromatic heterocycles. The van der Waals surface area contributed by atoms with Crippen LogP contribution in [-0.2, 0) is 16.0 Å². The average Bonchev–Trinajstić information content (AvgIpc) is 2.60. The summed E-state index contributed by atoms with van der Waals surface area (Å²) in [7, 11) is 0. The summed E-state index contributed by atoms with van der Waals surface area (Å²) in [5.74, 6) is -0.926. The minimum absolute atomic E-state index is 0.123. The van der Waals surface area contributed by atoms with E-state index in [-0.39, 0.29) is 6.42 Å². The van der Waals surface area contributed by atoms with Gasteiger partial charge in [-0.2, -0.15) is 0 Å². The molecule has 0 aliphatic heterocycles. The monoisotopic (exact) mass is 289 g/mol. The molecule has 2 aromatic rings. The van der Waals surface area contributed by atoms with Crippen LogP contribution < -0.4 is 0 Å². The van der Waals surface area contributed by atoms with Gasteiger partial charge in [0.05, 0.1) is 11.9 Å². The van der Waals surface area contributed by atoms with Crippen molar-refractivity contribution >= 4 is 23.0 Å². The molecule has 1 heterocycles. The van der Waals surface area contributed by atoms with Gasteiger partial charge in [-0.15, -0.1) is 0 Å². The van der Waals surface area contributed by atoms with Crippen molar-refractivity contribution in [2.24, 2.45) is 0 Å². The molecule has 112 valence electrons. The van der Waals surface area contributed by atoms with Crippen LogP contribution in [0.15, 0.2) is 24.3 Å². The van der Waals surface area contributed by atoms with E-state index in [0.717, 1.165) is 5.39 Å². The molecule has 0 saturated carbocycles. The predicted octanol–water partition coefficient (Wildman–Crippen LogP) is 3.36. The Morgan fingerprint density at radius 3 is 2.43 bits per heavy atom. The molecular weight excluding hydrogens is 270 g/mol. The first-order valence-corrected chi connectivity index (χ1v) is 6.75. The van der Waals surface area contributed by atoms with E-state index >= 15 is 0 Å². The van der Waals surface area contributed by atoms with E-state index in [1.807, 2.05) is 18.2 Å². The molecule has 0 aliphatic carbocycles. The Kier molecular flexibility index (Phi) is 3.77. The number of carboxylic acid groups (broad SMARTS) is 1. The Morgan fingerprint density at radius 1 is 1.24 bits per heavy atom. The molecule has 0 fully saturated rings. The molecule has 0 aliphatic rings. The second-order valence-corrected chi connectivity index (χ2v) is 5.97. The zero-order valence-electron chi connectivity index (χ0n) is 12.6. The maximum atomic E-state index is 12.4. The number of fused-ring (bicyclic) bond motifs is 1. The van der Waals surface area contributed by atoms with Crippen molar-refractivity contribution < 1.29 is 19.4 Å². The van der Waals surface area contributed by atoms with E-state index in [9.17, 15) is 9.59 Å². The Hall–Kier alpha value is -2.30. The molecule has 5 heteroatoms. The van der Waals surface area contributed by atoms with Gasteiger partial charge in [0, 0.05) is 11.1 Å². The summed E-state index contributed by atoms with van der Waals surface area (Å²) in [6.45, 7) is 7.13. The Morgan fingerprint density at radius 2 is 1.86 bits per heavy atom. The van der Waals surface area contributed by atoms with Crippen molar-refractivity contribution in [1.82, 2.24) is 4.57 Å². The number of hydrogen-bond acceptors (Lipinski definition) is 3. The number of hydrogen-bond donors (Lipinski definition) is 1. The van der Waals surface area contributed by atoms with Gasteiger partial charge in [-0.05, 0) is 39.3 Å². The van der Waals surface area contributed by atoms with Gasteiger partial charge in [0.1, 0.15) is 5.60 Å². The van der Waals surface area contributed by atoms with Crippen molar-refractivity contribution in [3.8, 4) is 0 Å². The molecule has 0 atom stereocenters. The highest BCUT2D eigenvalue weighted by atomic mass is 16.6. The molecule has 0 saturated heterocycles. The number of carboxylic acids is 1. The summed E-state index contributed by atoms with van der Waals surface area (Å²) in [6.07, 6.45) is -0.616. The van der Waals surface area contributed by atoms with Crippen molar-refractivity contribution in [2.45, 2.75) is 39.7 Å². The molecule has 0 spiro atoms. The van der Waals surface area contributed by atoms with Gasteiger partial charge in [-0.25, -0.2) is 9.36 Å². The van der Waals surface area contributed by atoms with Gasteiger partial charge >= 0.3 is 12.1 Å². The summed E-state index contributed by atoms with van der Waals surface area (Å²) in [5.41, 5.74) is 1.30. The molecule has 0 bridgehead atoms. The normalized spacial score (nSPS) is 11.6. The highest BCUT2D eigenvalue weighted by molar-refractivity contribution is 5.95. The fourth-order valence-corrected chi connectivity index (χ4v) is 2.35. The highest BCUT2D eigenvalue weighted by Crippen LogP contribution is 2.27. The quantitative estimate of drug-likeness (QED) is 0.920. The lowest BCUT2D eigenvalue weighted by atomic mass is 10.1. The topological polar surface area (TPSA) is 68.5 Å². The zero-order valence-corrected chi connectivity index (χ0v) is 12.6. The first-order valence-electron chi connectivity index (χ1n) is 6.75. The van der Waals surface area contributed by atoms with Crippen LogP contribution in [0.4, 0.5) is 4.79 Å². The number of aromatic nitrogens is 1. The van der Waals surface area contributed by atoms with Gasteiger partial charge in [-0.1, -0.05) is 18.2 Å². The lowest BCUT2D eigenvalue weighted by Gasteiger charge is -2.20. The molecular formula is C16H19NO4. The van der Waals surface area contributed by atoms with E-state index in [2.05, 4.69) is 0 Å². The van der Waals surface area contributed by atoms with Gasteiger partial charge in [0.15, 0.2) is 0 Å². The third kappa shape index (κ3) is 3.07. The maximum absolute atomic E-state index is 12.4. The molecule has 1 aromatic carbocycles.